The first-order valence-corrected chi connectivity index (χ1v) is 12.4. The molecule has 9 heteroatoms. The number of amides is 1. The van der Waals surface area contributed by atoms with E-state index in [4.69, 9.17) is 17.3 Å². The Morgan fingerprint density at radius 1 is 1.31 bits per heavy atom. The Morgan fingerprint density at radius 3 is 2.75 bits per heavy atom. The van der Waals surface area contributed by atoms with Crippen molar-refractivity contribution < 1.29 is 9.90 Å². The van der Waals surface area contributed by atoms with E-state index in [1.165, 1.54) is 12.4 Å². The van der Waals surface area contributed by atoms with Gasteiger partial charge in [-0.2, -0.15) is 0 Å². The largest absolute Gasteiger partial charge is 0.392 e. The van der Waals surface area contributed by atoms with E-state index < -0.39 is 0 Å². The average molecular weight is 505 g/mol. The number of hydrogen-bond acceptors (Lipinski definition) is 6. The maximum atomic E-state index is 11.8. The zero-order valence-electron chi connectivity index (χ0n) is 20.2. The first-order valence-electron chi connectivity index (χ1n) is 12.1. The number of nitrogens with zero attached hydrogens (tertiary/aromatic N) is 5. The van der Waals surface area contributed by atoms with E-state index in [-0.39, 0.29) is 18.4 Å². The molecule has 0 bridgehead atoms. The van der Waals surface area contributed by atoms with Gasteiger partial charge in [-0.1, -0.05) is 30.2 Å². The molecule has 0 spiro atoms. The predicted octanol–water partition coefficient (Wildman–Crippen LogP) is 2.82. The molecule has 36 heavy (non-hydrogen) atoms. The van der Waals surface area contributed by atoms with E-state index in [1.807, 2.05) is 28.6 Å². The van der Waals surface area contributed by atoms with Crippen LogP contribution in [0.2, 0.25) is 5.02 Å². The molecule has 0 aliphatic carbocycles. The molecule has 186 valence electrons. The van der Waals surface area contributed by atoms with Crippen molar-refractivity contribution in [1.29, 1.82) is 0 Å². The van der Waals surface area contributed by atoms with Gasteiger partial charge >= 0.3 is 0 Å². The smallest absolute Gasteiger partial charge is 0.245 e. The molecule has 0 unspecified atom stereocenters. The summed E-state index contributed by atoms with van der Waals surface area (Å²) in [5.41, 5.74) is 10.1. The second kappa shape index (κ2) is 9.94. The minimum absolute atomic E-state index is 0.0173. The van der Waals surface area contributed by atoms with Gasteiger partial charge in [-0.3, -0.25) is 9.69 Å². The van der Waals surface area contributed by atoms with Crippen molar-refractivity contribution in [3.63, 3.8) is 0 Å². The highest BCUT2D eigenvalue weighted by atomic mass is 35.5. The lowest BCUT2D eigenvalue weighted by molar-refractivity contribution is -0.127. The standard InChI is InChI=1S/C27H29ClN6O2/c1-3-23(36)33-10-8-20(9-11-33)34-13-17(14-34)4-7-22-24(18-5-6-21(28)19(12-18)15-35)25-26(29)30-16-31-27(25)32(22)2/h3,5-6,12,16-17,20,35H,1,8-11,13-15H2,2H3,(H2,29,30,31). The number of likely N-dealkylation sites (tertiary alicyclic amines) is 2. The highest BCUT2D eigenvalue weighted by molar-refractivity contribution is 6.31. The summed E-state index contributed by atoms with van der Waals surface area (Å²) in [4.78, 5) is 24.8. The quantitative estimate of drug-likeness (QED) is 0.418. The highest BCUT2D eigenvalue weighted by Crippen LogP contribution is 2.37. The van der Waals surface area contributed by atoms with Crippen molar-refractivity contribution in [2.75, 3.05) is 31.9 Å². The van der Waals surface area contributed by atoms with E-state index >= 15 is 0 Å². The molecule has 2 aliphatic heterocycles. The highest BCUT2D eigenvalue weighted by Gasteiger charge is 2.34. The number of hydrogen-bond donors (Lipinski definition) is 2. The van der Waals surface area contributed by atoms with Gasteiger partial charge in [0.1, 0.15) is 23.5 Å². The summed E-state index contributed by atoms with van der Waals surface area (Å²) >= 11 is 6.25. The average Bonchev–Trinajstić information content (AvgIpc) is 3.16. The Hall–Kier alpha value is -3.38. The van der Waals surface area contributed by atoms with Crippen LogP contribution in [0.15, 0.2) is 37.2 Å². The van der Waals surface area contributed by atoms with E-state index in [0.717, 1.165) is 61.2 Å². The number of rotatable bonds is 4. The summed E-state index contributed by atoms with van der Waals surface area (Å²) in [6.45, 7) is 6.82. The van der Waals surface area contributed by atoms with Crippen molar-refractivity contribution in [1.82, 2.24) is 24.3 Å². The van der Waals surface area contributed by atoms with Crippen LogP contribution in [0.1, 0.15) is 24.1 Å². The minimum atomic E-state index is -0.164. The van der Waals surface area contributed by atoms with Crippen molar-refractivity contribution in [2.24, 2.45) is 13.0 Å². The number of nitrogen functional groups attached to an aromatic ring is 1. The fourth-order valence-corrected chi connectivity index (χ4v) is 5.38. The van der Waals surface area contributed by atoms with Crippen LogP contribution >= 0.6 is 11.6 Å². The van der Waals surface area contributed by atoms with E-state index in [2.05, 4.69) is 33.3 Å². The molecule has 1 amide bonds. The molecule has 4 heterocycles. The molecule has 8 nitrogen and oxygen atoms in total. The van der Waals surface area contributed by atoms with Crippen molar-refractivity contribution in [2.45, 2.75) is 25.5 Å². The molecule has 1 aromatic carbocycles. The molecule has 2 aliphatic rings. The lowest BCUT2D eigenvalue weighted by Gasteiger charge is -2.45. The molecule has 0 atom stereocenters. The zero-order valence-corrected chi connectivity index (χ0v) is 21.0. The molecule has 5 rings (SSSR count). The van der Waals surface area contributed by atoms with Crippen molar-refractivity contribution in [3.05, 3.63) is 53.5 Å². The fraction of sp³-hybridized carbons (Fsp3) is 0.370. The van der Waals surface area contributed by atoms with Crippen molar-refractivity contribution >= 4 is 34.4 Å². The fourth-order valence-electron chi connectivity index (χ4n) is 5.21. The number of aromatic nitrogens is 3. The first kappa shape index (κ1) is 24.3. The maximum absolute atomic E-state index is 11.8. The molecule has 0 radical (unpaired) electrons. The van der Waals surface area contributed by atoms with Gasteiger partial charge in [0.05, 0.1) is 12.0 Å². The number of aryl methyl sites for hydroxylation is 1. The molecular weight excluding hydrogens is 476 g/mol. The van der Waals surface area contributed by atoms with Gasteiger partial charge in [-0.05, 0) is 48.1 Å². The Bertz CT molecular complexity index is 1390. The number of aliphatic hydroxyl groups is 1. The molecule has 3 N–H and O–H groups in total. The van der Waals surface area contributed by atoms with Gasteiger partial charge in [0.25, 0.3) is 0 Å². The summed E-state index contributed by atoms with van der Waals surface area (Å²) in [6, 6.07) is 6.04. The zero-order chi connectivity index (χ0) is 25.4. The van der Waals surface area contributed by atoms with Crippen LogP contribution in [0.4, 0.5) is 5.82 Å². The molecule has 2 saturated heterocycles. The van der Waals surface area contributed by atoms with Crippen molar-refractivity contribution in [3.8, 4) is 23.0 Å². The van der Waals surface area contributed by atoms with Gasteiger partial charge in [0.2, 0.25) is 5.91 Å². The number of nitrogens with two attached hydrogens (primary N) is 1. The van der Waals surface area contributed by atoms with Gasteiger partial charge in [-0.15, -0.1) is 0 Å². The summed E-state index contributed by atoms with van der Waals surface area (Å²) in [7, 11) is 1.93. The molecular formula is C27H29ClN6O2. The van der Waals surface area contributed by atoms with Crippen LogP contribution in [0.3, 0.4) is 0 Å². The molecule has 2 aromatic heterocycles. The summed E-state index contributed by atoms with van der Waals surface area (Å²) < 4.78 is 1.95. The molecule has 3 aromatic rings. The third-order valence-electron chi connectivity index (χ3n) is 7.27. The summed E-state index contributed by atoms with van der Waals surface area (Å²) in [5, 5.41) is 11.0. The second-order valence-corrected chi connectivity index (χ2v) is 9.79. The van der Waals surface area contributed by atoms with Gasteiger partial charge in [0, 0.05) is 55.8 Å². The van der Waals surface area contributed by atoms with E-state index in [0.29, 0.717) is 28.1 Å². The third-order valence-corrected chi connectivity index (χ3v) is 7.64. The van der Waals surface area contributed by atoms with Gasteiger partial charge in [-0.25, -0.2) is 9.97 Å². The Balaban J connectivity index is 1.39. The van der Waals surface area contributed by atoms with E-state index in [1.54, 1.807) is 6.07 Å². The lowest BCUT2D eigenvalue weighted by Crippen LogP contribution is -2.55. The van der Waals surface area contributed by atoms with E-state index in [9.17, 15) is 9.90 Å². The topological polar surface area (TPSA) is 101 Å². The Morgan fingerprint density at radius 2 is 2.06 bits per heavy atom. The Labute approximate surface area is 215 Å². The molecule has 2 fully saturated rings. The summed E-state index contributed by atoms with van der Waals surface area (Å²) in [6.07, 6.45) is 4.81. The number of aliphatic hydroxyl groups excluding tert-OH is 1. The predicted molar refractivity (Wildman–Crippen MR) is 141 cm³/mol. The van der Waals surface area contributed by atoms with Gasteiger partial charge in [0.15, 0.2) is 0 Å². The maximum Gasteiger partial charge on any atom is 0.245 e. The number of halogens is 1. The summed E-state index contributed by atoms with van der Waals surface area (Å²) in [5.74, 6) is 7.54. The number of carbonyl (C=O) groups excluding carboxylic acids is 1. The number of fused-ring (bicyclic) bond motifs is 1. The normalized spacial score (nSPS) is 17.0. The van der Waals surface area contributed by atoms with Crippen LogP contribution in [-0.2, 0) is 18.4 Å². The second-order valence-electron chi connectivity index (χ2n) is 9.39. The SMILES string of the molecule is C=CC(=O)N1CCC(N2CC(C#Cc3c(-c4ccc(Cl)c(CO)c4)c4c(N)ncnc4n3C)C2)CC1. The number of anilines is 1. The van der Waals surface area contributed by atoms with Gasteiger partial charge < -0.3 is 20.3 Å². The van der Waals surface area contributed by atoms with Crippen LogP contribution in [0.25, 0.3) is 22.2 Å². The first-order chi connectivity index (χ1) is 17.4. The lowest BCUT2D eigenvalue weighted by atomic mass is 9.93. The number of benzene rings is 1. The third kappa shape index (κ3) is 4.35. The van der Waals surface area contributed by atoms with Crippen LogP contribution < -0.4 is 5.73 Å². The Kier molecular flexibility index (Phi) is 6.71. The number of carbonyl (C=O) groups is 1. The van der Waals surface area contributed by atoms with Crippen LogP contribution in [0, 0.1) is 17.8 Å². The van der Waals surface area contributed by atoms with Crippen LogP contribution in [0.5, 0.6) is 0 Å². The molecule has 0 saturated carbocycles. The van der Waals surface area contributed by atoms with Crippen LogP contribution in [-0.4, -0.2) is 67.6 Å². The number of piperidine rings is 1. The monoisotopic (exact) mass is 504 g/mol. The minimum Gasteiger partial charge on any atom is -0.392 e.